The second kappa shape index (κ2) is 8.06. The Morgan fingerprint density at radius 3 is 2.93 bits per heavy atom. The molecule has 9 heteroatoms. The lowest BCUT2D eigenvalue weighted by atomic mass is 10.1. The van der Waals surface area contributed by atoms with Crippen LogP contribution in [0, 0.1) is 0 Å². The van der Waals surface area contributed by atoms with Crippen molar-refractivity contribution >= 4 is 28.9 Å². The van der Waals surface area contributed by atoms with Gasteiger partial charge in [-0.3, -0.25) is 10.2 Å². The van der Waals surface area contributed by atoms with Crippen molar-refractivity contribution in [2.75, 3.05) is 26.3 Å². The molecule has 2 aliphatic rings. The Balaban J connectivity index is 1.65. The summed E-state index contributed by atoms with van der Waals surface area (Å²) in [5, 5.41) is 2.69. The van der Waals surface area contributed by atoms with Gasteiger partial charge in [0, 0.05) is 36.4 Å². The molecular formula is C20H22N4O5. The number of morpholine rings is 1. The summed E-state index contributed by atoms with van der Waals surface area (Å²) in [5.41, 5.74) is 4.32. The summed E-state index contributed by atoms with van der Waals surface area (Å²) in [6.07, 6.45) is 4.65. The molecule has 0 saturated carbocycles. The number of ketones is 1. The van der Waals surface area contributed by atoms with Gasteiger partial charge >= 0.3 is 5.97 Å². The smallest absolute Gasteiger partial charge is 0.348 e. The fraction of sp³-hybridized carbons (Fsp3) is 0.350. The van der Waals surface area contributed by atoms with Crippen LogP contribution < -0.4 is 5.43 Å². The fourth-order valence-electron chi connectivity index (χ4n) is 3.12. The van der Waals surface area contributed by atoms with Crippen molar-refractivity contribution in [1.29, 1.82) is 0 Å². The zero-order chi connectivity index (χ0) is 20.4. The lowest BCUT2D eigenvalue weighted by molar-refractivity contribution is -0.143. The molecule has 0 radical (unpaired) electrons. The number of nitrogens with one attached hydrogen (secondary N) is 2. The van der Waals surface area contributed by atoms with Crippen LogP contribution in [0.25, 0.3) is 17.1 Å². The molecule has 1 saturated heterocycles. The molecule has 4 rings (SSSR count). The average molecular weight is 398 g/mol. The molecule has 0 spiro atoms. The Kier molecular flexibility index (Phi) is 5.32. The van der Waals surface area contributed by atoms with Gasteiger partial charge in [-0.2, -0.15) is 0 Å². The summed E-state index contributed by atoms with van der Waals surface area (Å²) in [6, 6.07) is 3.70. The first kappa shape index (κ1) is 19.2. The number of Topliss-reactive ketones (excluding diaryl/α,β-unsaturated/α-hetero) is 1. The monoisotopic (exact) mass is 398 g/mol. The normalized spacial score (nSPS) is 19.3. The minimum atomic E-state index is -0.718. The second-order valence-electron chi connectivity index (χ2n) is 6.95. The van der Waals surface area contributed by atoms with Gasteiger partial charge in [0.05, 0.1) is 19.3 Å². The number of hydrogen-bond acceptors (Lipinski definition) is 8. The molecule has 9 nitrogen and oxygen atoms in total. The molecule has 4 heterocycles. The van der Waals surface area contributed by atoms with Crippen LogP contribution in [0.5, 0.6) is 0 Å². The Bertz CT molecular complexity index is 1000. The van der Waals surface area contributed by atoms with E-state index in [1.807, 2.05) is 17.1 Å². The molecule has 0 atom stereocenters. The van der Waals surface area contributed by atoms with E-state index in [1.54, 1.807) is 32.3 Å². The van der Waals surface area contributed by atoms with Crippen LogP contribution >= 0.6 is 0 Å². The molecule has 0 aromatic carbocycles. The number of nitrogens with zero attached hydrogens (tertiary/aromatic N) is 2. The molecule has 0 aliphatic carbocycles. The van der Waals surface area contributed by atoms with Gasteiger partial charge in [-0.25, -0.2) is 14.8 Å². The van der Waals surface area contributed by atoms with Crippen LogP contribution in [-0.4, -0.2) is 59.1 Å². The number of allylic oxidation sites excluding steroid dienone is 1. The summed E-state index contributed by atoms with van der Waals surface area (Å²) < 4.78 is 16.4. The molecule has 0 amide bonds. The SMILES string of the molecule is CC(C)OC(=O)C1=C(NN2CCOCC2)OC(=Cc2c[nH]c3ncccc23)C1=O. The van der Waals surface area contributed by atoms with Gasteiger partial charge in [-0.1, -0.05) is 0 Å². The van der Waals surface area contributed by atoms with Gasteiger partial charge in [0.25, 0.3) is 0 Å². The first-order chi connectivity index (χ1) is 14.0. The third-order valence-corrected chi connectivity index (χ3v) is 4.48. The second-order valence-corrected chi connectivity index (χ2v) is 6.95. The number of aromatic nitrogens is 2. The lowest BCUT2D eigenvalue weighted by Gasteiger charge is -2.27. The van der Waals surface area contributed by atoms with E-state index < -0.39 is 11.8 Å². The molecule has 1 fully saturated rings. The largest absolute Gasteiger partial charge is 0.459 e. The molecule has 2 aromatic heterocycles. The Hall–Kier alpha value is -3.17. The van der Waals surface area contributed by atoms with Gasteiger partial charge in [0.1, 0.15) is 5.65 Å². The zero-order valence-electron chi connectivity index (χ0n) is 16.2. The highest BCUT2D eigenvalue weighted by molar-refractivity contribution is 6.26. The predicted molar refractivity (Wildman–Crippen MR) is 104 cm³/mol. The lowest BCUT2D eigenvalue weighted by Crippen LogP contribution is -2.45. The summed E-state index contributed by atoms with van der Waals surface area (Å²) in [7, 11) is 0. The van der Waals surface area contributed by atoms with E-state index in [0.717, 1.165) is 10.9 Å². The number of hydrogen-bond donors (Lipinski definition) is 2. The maximum absolute atomic E-state index is 13.0. The number of fused-ring (bicyclic) bond motifs is 1. The highest BCUT2D eigenvalue weighted by Gasteiger charge is 2.38. The number of ether oxygens (including phenoxy) is 3. The highest BCUT2D eigenvalue weighted by Crippen LogP contribution is 2.28. The number of hydrazine groups is 1. The Morgan fingerprint density at radius 2 is 2.17 bits per heavy atom. The number of aromatic amines is 1. The number of carbonyl (C=O) groups excluding carboxylic acids is 2. The van der Waals surface area contributed by atoms with Crippen LogP contribution in [0.15, 0.2) is 41.7 Å². The first-order valence-electron chi connectivity index (χ1n) is 9.44. The van der Waals surface area contributed by atoms with Crippen LogP contribution in [0.1, 0.15) is 19.4 Å². The third kappa shape index (κ3) is 4.01. The maximum Gasteiger partial charge on any atom is 0.348 e. The molecule has 152 valence electrons. The van der Waals surface area contributed by atoms with Crippen LogP contribution in [-0.2, 0) is 23.8 Å². The van der Waals surface area contributed by atoms with Crippen molar-refractivity contribution in [2.24, 2.45) is 0 Å². The predicted octanol–water partition coefficient (Wildman–Crippen LogP) is 1.50. The van der Waals surface area contributed by atoms with Crippen LogP contribution in [0.2, 0.25) is 0 Å². The Morgan fingerprint density at radius 1 is 1.38 bits per heavy atom. The van der Waals surface area contributed by atoms with E-state index in [9.17, 15) is 9.59 Å². The van der Waals surface area contributed by atoms with Gasteiger partial charge in [0.2, 0.25) is 11.7 Å². The van der Waals surface area contributed by atoms with E-state index in [0.29, 0.717) is 32.0 Å². The number of pyridine rings is 1. The number of rotatable bonds is 5. The quantitative estimate of drug-likeness (QED) is 0.444. The zero-order valence-corrected chi connectivity index (χ0v) is 16.2. The summed E-state index contributed by atoms with van der Waals surface area (Å²) in [4.78, 5) is 32.8. The van der Waals surface area contributed by atoms with E-state index in [-0.39, 0.29) is 23.3 Å². The van der Waals surface area contributed by atoms with Gasteiger partial charge < -0.3 is 19.2 Å². The summed E-state index contributed by atoms with van der Waals surface area (Å²) >= 11 is 0. The van der Waals surface area contributed by atoms with Gasteiger partial charge in [0.15, 0.2) is 11.3 Å². The topological polar surface area (TPSA) is 106 Å². The molecule has 2 N–H and O–H groups in total. The number of carbonyl (C=O) groups is 2. The van der Waals surface area contributed by atoms with Crippen molar-refractivity contribution in [1.82, 2.24) is 20.4 Å². The van der Waals surface area contributed by atoms with Crippen LogP contribution in [0.3, 0.4) is 0 Å². The Labute approximate surface area is 167 Å². The minimum absolute atomic E-state index is 0.0428. The molecule has 2 aromatic rings. The van der Waals surface area contributed by atoms with Crippen molar-refractivity contribution in [3.8, 4) is 0 Å². The number of esters is 1. The minimum Gasteiger partial charge on any atom is -0.459 e. The molecule has 0 unspecified atom stereocenters. The van der Waals surface area contributed by atoms with Crippen molar-refractivity contribution in [3.63, 3.8) is 0 Å². The summed E-state index contributed by atoms with van der Waals surface area (Å²) in [5.74, 6) is -1.12. The van der Waals surface area contributed by atoms with E-state index in [4.69, 9.17) is 14.2 Å². The van der Waals surface area contributed by atoms with E-state index in [2.05, 4.69) is 15.4 Å². The maximum atomic E-state index is 13.0. The average Bonchev–Trinajstić information content (AvgIpc) is 3.24. The van der Waals surface area contributed by atoms with Crippen molar-refractivity contribution < 1.29 is 23.8 Å². The third-order valence-electron chi connectivity index (χ3n) is 4.48. The van der Waals surface area contributed by atoms with Crippen LogP contribution in [0.4, 0.5) is 0 Å². The summed E-state index contributed by atoms with van der Waals surface area (Å²) in [6.45, 7) is 5.74. The highest BCUT2D eigenvalue weighted by atomic mass is 16.6. The van der Waals surface area contributed by atoms with E-state index in [1.165, 1.54) is 0 Å². The molecule has 2 aliphatic heterocycles. The molecule has 29 heavy (non-hydrogen) atoms. The fourth-order valence-corrected chi connectivity index (χ4v) is 3.12. The standard InChI is InChI=1S/C20H22N4O5/c1-12(2)28-20(26)16-17(25)15(29-19(16)23-24-6-8-27-9-7-24)10-13-11-22-18-14(13)4-3-5-21-18/h3-5,10-12,23H,6-9H2,1-2H3,(H,21,22). The molecular weight excluding hydrogens is 376 g/mol. The first-order valence-corrected chi connectivity index (χ1v) is 9.44. The van der Waals surface area contributed by atoms with E-state index >= 15 is 0 Å². The number of H-pyrrole nitrogens is 1. The van der Waals surface area contributed by atoms with Gasteiger partial charge in [-0.05, 0) is 32.1 Å². The molecule has 0 bridgehead atoms. The van der Waals surface area contributed by atoms with Crippen molar-refractivity contribution in [2.45, 2.75) is 20.0 Å². The van der Waals surface area contributed by atoms with Crippen molar-refractivity contribution in [3.05, 3.63) is 47.3 Å². The van der Waals surface area contributed by atoms with Gasteiger partial charge in [-0.15, -0.1) is 0 Å².